The highest BCUT2D eigenvalue weighted by Crippen LogP contribution is 2.34. The largest absolute Gasteiger partial charge is 0.372 e. The number of anilines is 1. The van der Waals surface area contributed by atoms with Crippen LogP contribution in [-0.2, 0) is 12.8 Å². The summed E-state index contributed by atoms with van der Waals surface area (Å²) < 4.78 is 0. The summed E-state index contributed by atoms with van der Waals surface area (Å²) in [6.07, 6.45) is 7.69. The van der Waals surface area contributed by atoms with Crippen molar-refractivity contribution in [2.24, 2.45) is 0 Å². The average molecular weight is 433 g/mol. The molecule has 0 radical (unpaired) electrons. The number of carbonyl (C=O) groups is 1. The fourth-order valence-electron chi connectivity index (χ4n) is 4.72. The molecule has 1 aromatic carbocycles. The standard InChI is InChI=1S/C24H24N4O2S/c25-14-18(21(29)15-8-10-16(11-9-15)28-12-4-1-5-13-28)22-26-23(30)20-17-6-2-3-7-19(17)31-24(20)27-22/h8-11,18H,1-7,12-13H2,(H,26,27,30). The number of aromatic nitrogens is 2. The zero-order valence-corrected chi connectivity index (χ0v) is 18.1. The van der Waals surface area contributed by atoms with Crippen LogP contribution in [0.4, 0.5) is 5.69 Å². The molecule has 1 aliphatic carbocycles. The molecule has 3 aromatic rings. The van der Waals surface area contributed by atoms with E-state index in [4.69, 9.17) is 0 Å². The van der Waals surface area contributed by atoms with E-state index in [1.54, 1.807) is 12.1 Å². The minimum absolute atomic E-state index is 0.142. The van der Waals surface area contributed by atoms with Gasteiger partial charge >= 0.3 is 0 Å². The lowest BCUT2D eigenvalue weighted by molar-refractivity contribution is 0.0976. The fourth-order valence-corrected chi connectivity index (χ4v) is 5.99. The summed E-state index contributed by atoms with van der Waals surface area (Å²) in [5, 5.41) is 10.4. The number of hydrogen-bond donors (Lipinski definition) is 1. The molecule has 0 amide bonds. The van der Waals surface area contributed by atoms with Crippen molar-refractivity contribution in [2.75, 3.05) is 18.0 Å². The first-order valence-electron chi connectivity index (χ1n) is 11.0. The van der Waals surface area contributed by atoms with E-state index in [1.807, 2.05) is 12.1 Å². The number of piperidine rings is 1. The van der Waals surface area contributed by atoms with E-state index >= 15 is 0 Å². The Bertz CT molecular complexity index is 1230. The van der Waals surface area contributed by atoms with Crippen LogP contribution in [0.15, 0.2) is 29.1 Å². The molecule has 1 fully saturated rings. The number of nitriles is 1. The SMILES string of the molecule is N#CC(C(=O)c1ccc(N2CCCCC2)cc1)c1nc2sc3c(c2c(=O)[nH]1)CCCC3. The lowest BCUT2D eigenvalue weighted by Gasteiger charge is -2.28. The van der Waals surface area contributed by atoms with Gasteiger partial charge in [-0.05, 0) is 74.8 Å². The molecule has 1 unspecified atom stereocenters. The van der Waals surface area contributed by atoms with Crippen molar-refractivity contribution in [1.29, 1.82) is 5.26 Å². The Morgan fingerprint density at radius 1 is 1.10 bits per heavy atom. The number of ketones is 1. The molecule has 1 atom stereocenters. The Morgan fingerprint density at radius 2 is 1.84 bits per heavy atom. The van der Waals surface area contributed by atoms with Crippen LogP contribution in [0.5, 0.6) is 0 Å². The predicted molar refractivity (Wildman–Crippen MR) is 122 cm³/mol. The number of aromatic amines is 1. The van der Waals surface area contributed by atoms with Crippen molar-refractivity contribution >= 4 is 33.0 Å². The molecule has 7 heteroatoms. The lowest BCUT2D eigenvalue weighted by Crippen LogP contribution is -2.29. The summed E-state index contributed by atoms with van der Waals surface area (Å²) in [6.45, 7) is 2.06. The zero-order valence-electron chi connectivity index (χ0n) is 17.3. The minimum Gasteiger partial charge on any atom is -0.372 e. The first-order chi connectivity index (χ1) is 15.2. The second-order valence-electron chi connectivity index (χ2n) is 8.36. The Morgan fingerprint density at radius 3 is 2.58 bits per heavy atom. The zero-order chi connectivity index (χ0) is 21.4. The van der Waals surface area contributed by atoms with Crippen molar-refractivity contribution in [1.82, 2.24) is 9.97 Å². The van der Waals surface area contributed by atoms with Gasteiger partial charge in [0.15, 0.2) is 11.7 Å². The van der Waals surface area contributed by atoms with Gasteiger partial charge in [-0.15, -0.1) is 11.3 Å². The molecule has 2 aliphatic rings. The quantitative estimate of drug-likeness (QED) is 0.619. The maximum Gasteiger partial charge on any atom is 0.259 e. The number of nitrogens with one attached hydrogen (secondary N) is 1. The Labute approximate surface area is 184 Å². The molecule has 1 saturated heterocycles. The van der Waals surface area contributed by atoms with Crippen LogP contribution < -0.4 is 10.5 Å². The van der Waals surface area contributed by atoms with Crippen LogP contribution in [0.3, 0.4) is 0 Å². The summed E-state index contributed by atoms with van der Waals surface area (Å²) in [4.78, 5) is 37.4. The van der Waals surface area contributed by atoms with Crippen molar-refractivity contribution in [3.63, 3.8) is 0 Å². The summed E-state index contributed by atoms with van der Waals surface area (Å²) in [7, 11) is 0. The Hall–Kier alpha value is -2.98. The maximum absolute atomic E-state index is 13.1. The third kappa shape index (κ3) is 3.66. The normalized spacial score (nSPS) is 17.2. The molecule has 2 aromatic heterocycles. The van der Waals surface area contributed by atoms with Crippen molar-refractivity contribution in [3.05, 3.63) is 56.4 Å². The van der Waals surface area contributed by atoms with Gasteiger partial charge in [0.05, 0.1) is 11.5 Å². The number of rotatable bonds is 4. The number of aryl methyl sites for hydroxylation is 2. The van der Waals surface area contributed by atoms with Gasteiger partial charge in [-0.25, -0.2) is 4.98 Å². The number of Topliss-reactive ketones (excluding diaryl/α,β-unsaturated/α-hetero) is 1. The van der Waals surface area contributed by atoms with Gasteiger partial charge in [0.1, 0.15) is 10.7 Å². The number of fused-ring (bicyclic) bond motifs is 3. The number of benzene rings is 1. The number of carbonyl (C=O) groups excluding carboxylic acids is 1. The molecule has 5 rings (SSSR count). The highest BCUT2D eigenvalue weighted by atomic mass is 32.1. The smallest absolute Gasteiger partial charge is 0.259 e. The summed E-state index contributed by atoms with van der Waals surface area (Å²) >= 11 is 1.52. The molecule has 31 heavy (non-hydrogen) atoms. The number of nitrogens with zero attached hydrogens (tertiary/aromatic N) is 3. The fraction of sp³-hybridized carbons (Fsp3) is 0.417. The van der Waals surface area contributed by atoms with Crippen LogP contribution in [0.2, 0.25) is 0 Å². The predicted octanol–water partition coefficient (Wildman–Crippen LogP) is 4.34. The number of H-pyrrole nitrogens is 1. The van der Waals surface area contributed by atoms with Gasteiger partial charge < -0.3 is 9.88 Å². The summed E-state index contributed by atoms with van der Waals surface area (Å²) in [6, 6.07) is 9.50. The van der Waals surface area contributed by atoms with E-state index in [0.29, 0.717) is 15.8 Å². The molecular weight excluding hydrogens is 408 g/mol. The third-order valence-corrected chi connectivity index (χ3v) is 7.57. The second-order valence-corrected chi connectivity index (χ2v) is 9.45. The topological polar surface area (TPSA) is 89.8 Å². The van der Waals surface area contributed by atoms with Gasteiger partial charge in [0, 0.05) is 29.2 Å². The van der Waals surface area contributed by atoms with E-state index in [0.717, 1.165) is 50.0 Å². The van der Waals surface area contributed by atoms with Crippen molar-refractivity contribution in [3.8, 4) is 6.07 Å². The molecule has 0 bridgehead atoms. The summed E-state index contributed by atoms with van der Waals surface area (Å²) in [5.41, 5.74) is 2.41. The van der Waals surface area contributed by atoms with E-state index in [-0.39, 0.29) is 17.2 Å². The van der Waals surface area contributed by atoms with Crippen LogP contribution in [0.25, 0.3) is 10.2 Å². The highest BCUT2D eigenvalue weighted by Gasteiger charge is 2.27. The van der Waals surface area contributed by atoms with Crippen molar-refractivity contribution in [2.45, 2.75) is 50.9 Å². The maximum atomic E-state index is 13.1. The Kier molecular flexibility index (Phi) is 5.33. The molecule has 6 nitrogen and oxygen atoms in total. The second kappa shape index (κ2) is 8.27. The van der Waals surface area contributed by atoms with Gasteiger partial charge in [-0.1, -0.05) is 0 Å². The molecule has 158 valence electrons. The van der Waals surface area contributed by atoms with E-state index in [2.05, 4.69) is 20.9 Å². The van der Waals surface area contributed by atoms with Gasteiger partial charge in [0.2, 0.25) is 0 Å². The van der Waals surface area contributed by atoms with E-state index < -0.39 is 5.92 Å². The van der Waals surface area contributed by atoms with Crippen LogP contribution >= 0.6 is 11.3 Å². The average Bonchev–Trinajstić information content (AvgIpc) is 3.19. The molecule has 3 heterocycles. The van der Waals surface area contributed by atoms with E-state index in [9.17, 15) is 14.9 Å². The molecule has 0 saturated carbocycles. The molecule has 1 N–H and O–H groups in total. The third-order valence-electron chi connectivity index (χ3n) is 6.38. The van der Waals surface area contributed by atoms with Crippen LogP contribution in [-0.4, -0.2) is 28.8 Å². The number of hydrogen-bond acceptors (Lipinski definition) is 6. The highest BCUT2D eigenvalue weighted by molar-refractivity contribution is 7.18. The lowest BCUT2D eigenvalue weighted by atomic mass is 9.96. The van der Waals surface area contributed by atoms with Crippen molar-refractivity contribution < 1.29 is 4.79 Å². The molecular formula is C24H24N4O2S. The number of thiophene rings is 1. The van der Waals surface area contributed by atoms with Gasteiger partial charge in [-0.2, -0.15) is 5.26 Å². The van der Waals surface area contributed by atoms with Crippen LogP contribution in [0, 0.1) is 11.3 Å². The van der Waals surface area contributed by atoms with Gasteiger partial charge in [-0.3, -0.25) is 9.59 Å². The molecule has 1 aliphatic heterocycles. The Balaban J connectivity index is 1.45. The minimum atomic E-state index is -1.13. The first kappa shape index (κ1) is 20.0. The molecule has 0 spiro atoms. The van der Waals surface area contributed by atoms with Gasteiger partial charge in [0.25, 0.3) is 5.56 Å². The first-order valence-corrected chi connectivity index (χ1v) is 11.8. The monoisotopic (exact) mass is 432 g/mol. The van der Waals surface area contributed by atoms with Crippen LogP contribution in [0.1, 0.15) is 64.6 Å². The van der Waals surface area contributed by atoms with E-state index in [1.165, 1.54) is 35.5 Å². The summed E-state index contributed by atoms with van der Waals surface area (Å²) in [5.74, 6) is -1.32.